The molecule has 1 heterocycles. The highest BCUT2D eigenvalue weighted by Gasteiger charge is 2.27. The summed E-state index contributed by atoms with van der Waals surface area (Å²) in [4.78, 5) is 0. The number of nitrogens with zero attached hydrogens (tertiary/aromatic N) is 2. The molecule has 1 aromatic rings. The van der Waals surface area contributed by atoms with Crippen LogP contribution in [0.1, 0.15) is 31.7 Å². The molecule has 0 bridgehead atoms. The van der Waals surface area contributed by atoms with Gasteiger partial charge in [-0.3, -0.25) is 0 Å². The number of rotatable bonds is 5. The average molecular weight is 342 g/mol. The minimum Gasteiger partial charge on any atom is -0.382 e. The lowest BCUT2D eigenvalue weighted by Crippen LogP contribution is -2.43. The van der Waals surface area contributed by atoms with Gasteiger partial charge in [0.25, 0.3) is 0 Å². The predicted octanol–water partition coefficient (Wildman–Crippen LogP) is 2.83. The van der Waals surface area contributed by atoms with Crippen LogP contribution in [0.2, 0.25) is 5.02 Å². The number of hydrogen-bond acceptors (Lipinski definition) is 4. The van der Waals surface area contributed by atoms with Gasteiger partial charge in [0.2, 0.25) is 10.0 Å². The Morgan fingerprint density at radius 2 is 2.09 bits per heavy atom. The Morgan fingerprint density at radius 1 is 1.41 bits per heavy atom. The van der Waals surface area contributed by atoms with Crippen LogP contribution in [0.25, 0.3) is 0 Å². The van der Waals surface area contributed by atoms with Crippen LogP contribution in [0, 0.1) is 11.3 Å². The fourth-order valence-corrected chi connectivity index (χ4v) is 4.36. The molecule has 1 aromatic carbocycles. The molecule has 0 unspecified atom stereocenters. The van der Waals surface area contributed by atoms with Crippen molar-refractivity contribution in [3.63, 3.8) is 0 Å². The molecule has 7 heteroatoms. The summed E-state index contributed by atoms with van der Waals surface area (Å²) < 4.78 is 25.6. The van der Waals surface area contributed by atoms with Crippen molar-refractivity contribution in [1.82, 2.24) is 4.31 Å². The normalized spacial score (nSPS) is 17.1. The summed E-state index contributed by atoms with van der Waals surface area (Å²) in [6, 6.07) is 7.49. The molecule has 0 spiro atoms. The second-order valence-electron chi connectivity index (χ2n) is 5.44. The van der Waals surface area contributed by atoms with E-state index in [1.165, 1.54) is 0 Å². The van der Waals surface area contributed by atoms with E-state index in [0.29, 0.717) is 30.1 Å². The molecule has 0 atom stereocenters. The molecule has 1 aliphatic heterocycles. The van der Waals surface area contributed by atoms with Crippen molar-refractivity contribution >= 4 is 27.3 Å². The van der Waals surface area contributed by atoms with Gasteiger partial charge in [0.1, 0.15) is 6.07 Å². The van der Waals surface area contributed by atoms with Crippen molar-refractivity contribution in [3.8, 4) is 6.07 Å². The van der Waals surface area contributed by atoms with Gasteiger partial charge in [0, 0.05) is 24.8 Å². The number of benzene rings is 1. The van der Waals surface area contributed by atoms with Crippen molar-refractivity contribution in [3.05, 3.63) is 28.8 Å². The van der Waals surface area contributed by atoms with E-state index >= 15 is 0 Å². The summed E-state index contributed by atoms with van der Waals surface area (Å²) in [7, 11) is -3.10. The number of hydrogen-bond donors (Lipinski definition) is 1. The highest BCUT2D eigenvalue weighted by molar-refractivity contribution is 7.89. The summed E-state index contributed by atoms with van der Waals surface area (Å²) in [5.41, 5.74) is 1.31. The molecule has 0 saturated carbocycles. The minimum absolute atomic E-state index is 0.219. The Morgan fingerprint density at radius 3 is 2.64 bits per heavy atom. The number of halogens is 1. The zero-order chi connectivity index (χ0) is 16.2. The summed E-state index contributed by atoms with van der Waals surface area (Å²) >= 11 is 6.01. The highest BCUT2D eigenvalue weighted by Crippen LogP contribution is 2.23. The van der Waals surface area contributed by atoms with Gasteiger partial charge in [-0.05, 0) is 37.5 Å². The molecule has 1 N–H and O–H groups in total. The van der Waals surface area contributed by atoms with E-state index < -0.39 is 10.0 Å². The third kappa shape index (κ3) is 4.13. The molecule has 0 aromatic heterocycles. The van der Waals surface area contributed by atoms with Gasteiger partial charge in [-0.25, -0.2) is 12.7 Å². The van der Waals surface area contributed by atoms with Gasteiger partial charge >= 0.3 is 0 Å². The Balaban J connectivity index is 1.93. The van der Waals surface area contributed by atoms with Crippen molar-refractivity contribution in [1.29, 1.82) is 5.26 Å². The molecule has 22 heavy (non-hydrogen) atoms. The zero-order valence-corrected chi connectivity index (χ0v) is 14.1. The summed E-state index contributed by atoms with van der Waals surface area (Å²) in [5, 5.41) is 12.7. The number of anilines is 1. The zero-order valence-electron chi connectivity index (χ0n) is 12.5. The fraction of sp³-hybridized carbons (Fsp3) is 0.533. The minimum atomic E-state index is -3.10. The molecule has 1 saturated heterocycles. The van der Waals surface area contributed by atoms with Gasteiger partial charge in [-0.1, -0.05) is 18.5 Å². The van der Waals surface area contributed by atoms with E-state index in [2.05, 4.69) is 5.32 Å². The molecular weight excluding hydrogens is 322 g/mol. The second-order valence-corrected chi connectivity index (χ2v) is 7.94. The maximum atomic E-state index is 12.0. The topological polar surface area (TPSA) is 73.2 Å². The molecule has 1 aliphatic rings. The Bertz CT molecular complexity index is 662. The monoisotopic (exact) mass is 341 g/mol. The largest absolute Gasteiger partial charge is 0.382 e. The molecule has 5 nitrogen and oxygen atoms in total. The molecular formula is C15H20ClN3O2S. The van der Waals surface area contributed by atoms with Crippen LogP contribution in [0.4, 0.5) is 5.69 Å². The Hall–Kier alpha value is -1.29. The van der Waals surface area contributed by atoms with Crippen molar-refractivity contribution in [2.75, 3.05) is 24.2 Å². The van der Waals surface area contributed by atoms with Crippen LogP contribution in [0.3, 0.4) is 0 Å². The first kappa shape index (κ1) is 17.1. The molecule has 2 rings (SSSR count). The Kier molecular flexibility index (Phi) is 5.68. The summed E-state index contributed by atoms with van der Waals surface area (Å²) in [5.74, 6) is 0.219. The van der Waals surface area contributed by atoms with Gasteiger partial charge in [0.15, 0.2) is 0 Å². The third-order valence-electron chi connectivity index (χ3n) is 3.77. The van der Waals surface area contributed by atoms with E-state index in [1.807, 2.05) is 19.1 Å². The molecule has 120 valence electrons. The third-order valence-corrected chi connectivity index (χ3v) is 6.16. The van der Waals surface area contributed by atoms with E-state index in [0.717, 1.165) is 18.5 Å². The number of nitriles is 1. The standard InChI is InChI=1S/C15H20ClN3O2S/c1-2-9-22(20,21)19-7-5-13(6-8-19)18-14-4-3-12(11-17)15(16)10-14/h3-4,10,13,18H,2,5-9H2,1H3. The number of nitrogens with one attached hydrogen (secondary N) is 1. The summed E-state index contributed by atoms with van der Waals surface area (Å²) in [6.07, 6.45) is 2.17. The van der Waals surface area contributed by atoms with E-state index in [1.54, 1.807) is 16.4 Å². The van der Waals surface area contributed by atoms with Gasteiger partial charge in [0.05, 0.1) is 16.3 Å². The van der Waals surface area contributed by atoms with Crippen molar-refractivity contribution in [2.24, 2.45) is 0 Å². The van der Waals surface area contributed by atoms with E-state index in [-0.39, 0.29) is 11.8 Å². The molecule has 0 radical (unpaired) electrons. The van der Waals surface area contributed by atoms with Crippen LogP contribution in [0.15, 0.2) is 18.2 Å². The fourth-order valence-electron chi connectivity index (χ4n) is 2.60. The first-order valence-corrected chi connectivity index (χ1v) is 9.39. The predicted molar refractivity (Wildman–Crippen MR) is 88.5 cm³/mol. The van der Waals surface area contributed by atoms with E-state index in [4.69, 9.17) is 16.9 Å². The summed E-state index contributed by atoms with van der Waals surface area (Å²) in [6.45, 7) is 2.97. The van der Waals surface area contributed by atoms with Crippen LogP contribution < -0.4 is 5.32 Å². The van der Waals surface area contributed by atoms with Gasteiger partial charge in [-0.15, -0.1) is 0 Å². The van der Waals surface area contributed by atoms with Crippen molar-refractivity contribution in [2.45, 2.75) is 32.2 Å². The van der Waals surface area contributed by atoms with Crippen LogP contribution in [-0.4, -0.2) is 37.6 Å². The highest BCUT2D eigenvalue weighted by atomic mass is 35.5. The van der Waals surface area contributed by atoms with E-state index in [9.17, 15) is 8.42 Å². The Labute approximate surface area is 136 Å². The number of sulfonamides is 1. The van der Waals surface area contributed by atoms with Gasteiger partial charge < -0.3 is 5.32 Å². The average Bonchev–Trinajstić information content (AvgIpc) is 2.48. The number of piperidine rings is 1. The second kappa shape index (κ2) is 7.32. The molecule has 0 amide bonds. The SMILES string of the molecule is CCCS(=O)(=O)N1CCC(Nc2ccc(C#N)c(Cl)c2)CC1. The maximum Gasteiger partial charge on any atom is 0.214 e. The maximum absolute atomic E-state index is 12.0. The first-order valence-electron chi connectivity index (χ1n) is 7.40. The quantitative estimate of drug-likeness (QED) is 0.893. The van der Waals surface area contributed by atoms with Crippen molar-refractivity contribution < 1.29 is 8.42 Å². The van der Waals surface area contributed by atoms with Crippen LogP contribution in [-0.2, 0) is 10.0 Å². The molecule has 1 fully saturated rings. The van der Waals surface area contributed by atoms with Crippen LogP contribution >= 0.6 is 11.6 Å². The lowest BCUT2D eigenvalue weighted by Gasteiger charge is -2.32. The lowest BCUT2D eigenvalue weighted by atomic mass is 10.1. The smallest absolute Gasteiger partial charge is 0.214 e. The van der Waals surface area contributed by atoms with Gasteiger partial charge in [-0.2, -0.15) is 5.26 Å². The lowest BCUT2D eigenvalue weighted by molar-refractivity contribution is 0.329. The van der Waals surface area contributed by atoms with Crippen LogP contribution in [0.5, 0.6) is 0 Å². The molecule has 0 aliphatic carbocycles. The first-order chi connectivity index (χ1) is 10.5.